The molecule has 1 aliphatic rings. The third kappa shape index (κ3) is 4.83. The highest BCUT2D eigenvalue weighted by molar-refractivity contribution is 6.13. The zero-order chi connectivity index (χ0) is 18.4. The monoisotopic (exact) mass is 374 g/mol. The van der Waals surface area contributed by atoms with E-state index in [9.17, 15) is 18.0 Å². The van der Waals surface area contributed by atoms with Gasteiger partial charge in [-0.1, -0.05) is 24.3 Å². The molecule has 1 aromatic heterocycles. The molecule has 0 saturated heterocycles. The third-order valence-electron chi connectivity index (χ3n) is 3.44. The van der Waals surface area contributed by atoms with E-state index in [1.54, 1.807) is 24.4 Å². The number of benzene rings is 1. The fourth-order valence-electron chi connectivity index (χ4n) is 2.27. The van der Waals surface area contributed by atoms with E-state index >= 15 is 0 Å². The van der Waals surface area contributed by atoms with Crippen molar-refractivity contribution in [1.82, 2.24) is 9.82 Å². The average molecular weight is 375 g/mol. The summed E-state index contributed by atoms with van der Waals surface area (Å²) in [4.78, 5) is 16.7. The molecular weight excluding hydrogens is 361 g/mol. The summed E-state index contributed by atoms with van der Waals surface area (Å²) in [6.45, 7) is 0.193. The molecule has 0 radical (unpaired) electrons. The predicted octanol–water partition coefficient (Wildman–Crippen LogP) is 3.59. The number of nitrogens with one attached hydrogen (secondary N) is 1. The van der Waals surface area contributed by atoms with Crippen LogP contribution in [0.2, 0.25) is 0 Å². The number of fused-ring (bicyclic) bond motifs is 1. The van der Waals surface area contributed by atoms with E-state index < -0.39 is 23.6 Å². The minimum Gasteiger partial charge on any atom is -0.481 e. The van der Waals surface area contributed by atoms with E-state index in [0.717, 1.165) is 6.07 Å². The molecule has 0 fully saturated rings. The number of nitrogens with zero attached hydrogens (tertiary/aromatic N) is 1. The Bertz CT molecular complexity index is 741. The largest absolute Gasteiger partial charge is 0.481 e. The van der Waals surface area contributed by atoms with Gasteiger partial charge in [-0.05, 0) is 29.5 Å². The number of hydrogen-bond acceptors (Lipinski definition) is 4. The number of hydrogen-bond donors (Lipinski definition) is 2. The van der Waals surface area contributed by atoms with Crippen LogP contribution in [-0.2, 0) is 17.5 Å². The maximum atomic E-state index is 12.3. The number of ether oxygens (including phenoxy) is 1. The number of rotatable bonds is 3. The van der Waals surface area contributed by atoms with E-state index in [-0.39, 0.29) is 18.7 Å². The summed E-state index contributed by atoms with van der Waals surface area (Å²) < 4.78 is 42.0. The number of carboxylic acid groups (broad SMARTS) is 1. The van der Waals surface area contributed by atoms with Gasteiger partial charge < -0.3 is 9.84 Å². The number of aromatic nitrogens is 1. The van der Waals surface area contributed by atoms with Crippen molar-refractivity contribution in [3.05, 3.63) is 59.3 Å². The van der Waals surface area contributed by atoms with E-state index in [4.69, 9.17) is 21.6 Å². The Morgan fingerprint density at radius 3 is 2.68 bits per heavy atom. The van der Waals surface area contributed by atoms with Crippen LogP contribution >= 0.6 is 11.8 Å². The topological polar surface area (TPSA) is 71.5 Å². The second-order valence-electron chi connectivity index (χ2n) is 5.06. The molecule has 0 spiro atoms. The van der Waals surface area contributed by atoms with Gasteiger partial charge in [-0.3, -0.25) is 4.79 Å². The van der Waals surface area contributed by atoms with Crippen molar-refractivity contribution >= 4 is 17.7 Å². The Kier molecular flexibility index (Phi) is 6.22. The fraction of sp³-hybridized carbons (Fsp3) is 0.250. The summed E-state index contributed by atoms with van der Waals surface area (Å²) in [5, 5.41) is 8.75. The fourth-order valence-corrected chi connectivity index (χ4v) is 2.41. The van der Waals surface area contributed by atoms with Gasteiger partial charge in [0.2, 0.25) is 5.88 Å². The number of carboxylic acids is 1. The third-order valence-corrected chi connectivity index (χ3v) is 3.57. The molecular formula is C16H14ClF3N2O3. The summed E-state index contributed by atoms with van der Waals surface area (Å²) in [7, 11) is 0. The quantitative estimate of drug-likeness (QED) is 0.803. The lowest BCUT2D eigenvalue weighted by Crippen LogP contribution is -2.12. The van der Waals surface area contributed by atoms with Gasteiger partial charge in [0.1, 0.15) is 12.5 Å². The van der Waals surface area contributed by atoms with Gasteiger partial charge in [0.05, 0.1) is 5.56 Å². The Morgan fingerprint density at radius 1 is 1.32 bits per heavy atom. The van der Waals surface area contributed by atoms with Gasteiger partial charge in [0.25, 0.3) is 0 Å². The molecule has 1 atom stereocenters. The van der Waals surface area contributed by atoms with Gasteiger partial charge in [-0.2, -0.15) is 13.2 Å². The molecule has 0 bridgehead atoms. The smallest absolute Gasteiger partial charge is 0.416 e. The SMILES string of the molecule is FC(F)(F)c1ccccc1CNCl.O=C(O)C1COc2ncccc21. The average Bonchev–Trinajstić information content (AvgIpc) is 2.99. The maximum absolute atomic E-state index is 12.3. The summed E-state index contributed by atoms with van der Waals surface area (Å²) in [5.74, 6) is -0.958. The van der Waals surface area contributed by atoms with Crippen LogP contribution in [0.4, 0.5) is 13.2 Å². The number of aliphatic carboxylic acids is 1. The zero-order valence-electron chi connectivity index (χ0n) is 12.8. The van der Waals surface area contributed by atoms with E-state index in [1.807, 2.05) is 0 Å². The van der Waals surface area contributed by atoms with Gasteiger partial charge >= 0.3 is 12.1 Å². The molecule has 2 N–H and O–H groups in total. The first-order chi connectivity index (χ1) is 11.8. The molecule has 0 saturated carbocycles. The van der Waals surface area contributed by atoms with E-state index in [0.29, 0.717) is 11.4 Å². The highest BCUT2D eigenvalue weighted by Crippen LogP contribution is 2.32. The number of halogens is 4. The first-order valence-electron chi connectivity index (χ1n) is 7.13. The first kappa shape index (κ1) is 19.0. The second kappa shape index (κ2) is 8.17. The summed E-state index contributed by atoms with van der Waals surface area (Å²) in [6, 6.07) is 8.75. The standard InChI is InChI=1S/C8H7ClF3N.C8H7NO3/c9-13-5-6-3-1-2-4-7(6)8(10,11)12;10-8(11)6-4-12-7-5(6)2-1-3-9-7/h1-4,13H,5H2;1-3,6H,4H2,(H,10,11). The lowest BCUT2D eigenvalue weighted by molar-refractivity contribution is -0.139. The minimum atomic E-state index is -4.32. The van der Waals surface area contributed by atoms with Crippen molar-refractivity contribution in [1.29, 1.82) is 0 Å². The van der Waals surface area contributed by atoms with E-state index in [1.165, 1.54) is 12.1 Å². The van der Waals surface area contributed by atoms with Gasteiger partial charge in [0, 0.05) is 18.3 Å². The molecule has 2 aromatic rings. The van der Waals surface area contributed by atoms with Crippen LogP contribution in [0.3, 0.4) is 0 Å². The van der Waals surface area contributed by atoms with Crippen molar-refractivity contribution in [3.63, 3.8) is 0 Å². The van der Waals surface area contributed by atoms with Gasteiger partial charge in [-0.25, -0.2) is 9.82 Å². The second-order valence-corrected chi connectivity index (χ2v) is 5.33. The molecule has 9 heteroatoms. The molecule has 2 heterocycles. The summed E-state index contributed by atoms with van der Waals surface area (Å²) in [6.07, 6.45) is -2.73. The maximum Gasteiger partial charge on any atom is 0.416 e. The van der Waals surface area contributed by atoms with Crippen molar-refractivity contribution in [2.75, 3.05) is 6.61 Å². The lowest BCUT2D eigenvalue weighted by atomic mass is 10.0. The van der Waals surface area contributed by atoms with Crippen LogP contribution in [0.15, 0.2) is 42.6 Å². The Balaban J connectivity index is 0.000000181. The first-order valence-corrected chi connectivity index (χ1v) is 7.51. The number of alkyl halides is 3. The summed E-state index contributed by atoms with van der Waals surface area (Å²) in [5.41, 5.74) is 0.165. The normalized spacial score (nSPS) is 15.6. The molecule has 0 amide bonds. The van der Waals surface area contributed by atoms with Crippen molar-refractivity contribution in [2.24, 2.45) is 0 Å². The number of carbonyl (C=O) groups is 1. The molecule has 1 aromatic carbocycles. The lowest BCUT2D eigenvalue weighted by Gasteiger charge is -2.11. The van der Waals surface area contributed by atoms with Crippen molar-refractivity contribution in [3.8, 4) is 5.88 Å². The van der Waals surface area contributed by atoms with E-state index in [2.05, 4.69) is 9.82 Å². The van der Waals surface area contributed by atoms with Crippen LogP contribution in [0.25, 0.3) is 0 Å². The molecule has 5 nitrogen and oxygen atoms in total. The Morgan fingerprint density at radius 2 is 2.04 bits per heavy atom. The highest BCUT2D eigenvalue weighted by Gasteiger charge is 2.32. The van der Waals surface area contributed by atoms with Gasteiger partial charge in [-0.15, -0.1) is 0 Å². The van der Waals surface area contributed by atoms with Crippen molar-refractivity contribution < 1.29 is 27.8 Å². The Hall–Kier alpha value is -2.32. The number of pyridine rings is 1. The Labute approximate surface area is 146 Å². The minimum absolute atomic E-state index is 0.00274. The van der Waals surface area contributed by atoms with Crippen LogP contribution in [0.5, 0.6) is 5.88 Å². The molecule has 0 aliphatic carbocycles. The van der Waals surface area contributed by atoms with Crippen LogP contribution < -0.4 is 9.57 Å². The van der Waals surface area contributed by atoms with Crippen LogP contribution in [0, 0.1) is 0 Å². The molecule has 25 heavy (non-hydrogen) atoms. The molecule has 1 aliphatic heterocycles. The molecule has 134 valence electrons. The molecule has 3 rings (SSSR count). The van der Waals surface area contributed by atoms with Crippen LogP contribution in [-0.4, -0.2) is 22.7 Å². The van der Waals surface area contributed by atoms with Gasteiger partial charge in [0.15, 0.2) is 0 Å². The predicted molar refractivity (Wildman–Crippen MR) is 84.2 cm³/mol. The van der Waals surface area contributed by atoms with Crippen LogP contribution in [0.1, 0.15) is 22.6 Å². The van der Waals surface area contributed by atoms with Crippen molar-refractivity contribution in [2.45, 2.75) is 18.6 Å². The highest BCUT2D eigenvalue weighted by atomic mass is 35.5. The summed E-state index contributed by atoms with van der Waals surface area (Å²) >= 11 is 5.14. The molecule has 1 unspecified atom stereocenters. The zero-order valence-corrected chi connectivity index (χ0v) is 13.5.